The fourth-order valence-corrected chi connectivity index (χ4v) is 4.06. The lowest BCUT2D eigenvalue weighted by Crippen LogP contribution is -2.27. The molecule has 1 aromatic heterocycles. The number of aromatic nitrogens is 2. The molecule has 0 aliphatic carbocycles. The van der Waals surface area contributed by atoms with Crippen molar-refractivity contribution in [2.45, 2.75) is 29.6 Å². The summed E-state index contributed by atoms with van der Waals surface area (Å²) in [6, 6.07) is 16.0. The van der Waals surface area contributed by atoms with Crippen molar-refractivity contribution >= 4 is 17.7 Å². The molecule has 0 N–H and O–H groups in total. The number of carbonyl (C=O) groups excluding carboxylic acids is 1. The summed E-state index contributed by atoms with van der Waals surface area (Å²) in [7, 11) is 0. The largest absolute Gasteiger partial charge is 0.426 e. The Morgan fingerprint density at radius 1 is 1.14 bits per heavy atom. The number of imidazole rings is 1. The fraction of sp³-hybridized carbons (Fsp3) is 0.273. The molecule has 0 amide bonds. The van der Waals surface area contributed by atoms with Gasteiger partial charge in [0.05, 0.1) is 5.92 Å². The number of benzene rings is 2. The maximum absolute atomic E-state index is 12.3. The molecule has 2 aromatic carbocycles. The van der Waals surface area contributed by atoms with E-state index >= 15 is 0 Å². The van der Waals surface area contributed by atoms with Gasteiger partial charge < -0.3 is 14.0 Å². The summed E-state index contributed by atoms with van der Waals surface area (Å²) in [6.07, 6.45) is 5.21. The molecule has 1 aliphatic rings. The Balaban J connectivity index is 1.42. The summed E-state index contributed by atoms with van der Waals surface area (Å²) in [6.45, 7) is 3.24. The van der Waals surface area contributed by atoms with E-state index in [2.05, 4.69) is 29.2 Å². The molecule has 3 aromatic rings. The molecule has 1 aliphatic heterocycles. The molecule has 2 heterocycles. The Bertz CT molecular complexity index is 946. The summed E-state index contributed by atoms with van der Waals surface area (Å²) < 4.78 is 12.9. The molecular weight excluding hydrogens is 372 g/mol. The van der Waals surface area contributed by atoms with Crippen molar-refractivity contribution in [3.63, 3.8) is 0 Å². The molecule has 4 rings (SSSR count). The van der Waals surface area contributed by atoms with Crippen LogP contribution in [0.4, 0.5) is 0 Å². The zero-order chi connectivity index (χ0) is 19.3. The van der Waals surface area contributed by atoms with Crippen LogP contribution < -0.4 is 4.74 Å². The molecule has 0 radical (unpaired) electrons. The summed E-state index contributed by atoms with van der Waals surface area (Å²) in [5, 5.41) is 0. The van der Waals surface area contributed by atoms with Gasteiger partial charge in [-0.25, -0.2) is 4.98 Å². The third kappa shape index (κ3) is 4.46. The van der Waals surface area contributed by atoms with Crippen molar-refractivity contribution < 1.29 is 14.3 Å². The second kappa shape index (κ2) is 8.63. The van der Waals surface area contributed by atoms with Gasteiger partial charge in [0.15, 0.2) is 0 Å². The van der Waals surface area contributed by atoms with E-state index in [1.807, 2.05) is 42.0 Å². The first-order valence-corrected chi connectivity index (χ1v) is 10.2. The van der Waals surface area contributed by atoms with Crippen LogP contribution >= 0.6 is 11.8 Å². The second-order valence-electron chi connectivity index (χ2n) is 6.72. The third-order valence-corrected chi connectivity index (χ3v) is 5.75. The highest BCUT2D eigenvalue weighted by Crippen LogP contribution is 2.31. The lowest BCUT2D eigenvalue weighted by atomic mass is 10.0. The first-order valence-electron chi connectivity index (χ1n) is 9.37. The number of aryl methyl sites for hydroxylation is 1. The van der Waals surface area contributed by atoms with Gasteiger partial charge in [0, 0.05) is 41.1 Å². The van der Waals surface area contributed by atoms with Gasteiger partial charge in [0.2, 0.25) is 0 Å². The minimum atomic E-state index is -0.162. The zero-order valence-electron chi connectivity index (χ0n) is 15.7. The minimum Gasteiger partial charge on any atom is -0.426 e. The molecule has 0 saturated carbocycles. The Morgan fingerprint density at radius 3 is 2.64 bits per heavy atom. The van der Waals surface area contributed by atoms with Crippen molar-refractivity contribution in [2.24, 2.45) is 5.92 Å². The van der Waals surface area contributed by atoms with Gasteiger partial charge in [-0.2, -0.15) is 0 Å². The Labute approximate surface area is 168 Å². The van der Waals surface area contributed by atoms with E-state index in [1.54, 1.807) is 18.0 Å². The average molecular weight is 394 g/mol. The Kier molecular flexibility index (Phi) is 5.78. The third-order valence-electron chi connectivity index (χ3n) is 4.75. The van der Waals surface area contributed by atoms with E-state index < -0.39 is 0 Å². The Hall–Kier alpha value is -2.57. The fourth-order valence-electron chi connectivity index (χ4n) is 3.20. The molecule has 5 nitrogen and oxygen atoms in total. The smallest absolute Gasteiger partial charge is 0.314 e. The van der Waals surface area contributed by atoms with E-state index in [4.69, 9.17) is 9.47 Å². The predicted molar refractivity (Wildman–Crippen MR) is 108 cm³/mol. The van der Waals surface area contributed by atoms with Gasteiger partial charge in [-0.3, -0.25) is 4.79 Å². The minimum absolute atomic E-state index is 0.0655. The van der Waals surface area contributed by atoms with Crippen molar-refractivity contribution in [3.05, 3.63) is 66.7 Å². The first-order chi connectivity index (χ1) is 13.7. The number of hydrogen-bond acceptors (Lipinski definition) is 5. The highest BCUT2D eigenvalue weighted by Gasteiger charge is 2.23. The molecule has 0 spiro atoms. The molecule has 28 heavy (non-hydrogen) atoms. The summed E-state index contributed by atoms with van der Waals surface area (Å²) >= 11 is 1.64. The topological polar surface area (TPSA) is 53.4 Å². The average Bonchev–Trinajstić information content (AvgIpc) is 3.15. The highest BCUT2D eigenvalue weighted by atomic mass is 32.2. The van der Waals surface area contributed by atoms with E-state index in [9.17, 15) is 4.79 Å². The van der Waals surface area contributed by atoms with Gasteiger partial charge in [-0.15, -0.1) is 0 Å². The van der Waals surface area contributed by atoms with Crippen molar-refractivity contribution in [3.8, 4) is 11.4 Å². The molecule has 6 heteroatoms. The molecule has 1 fully saturated rings. The van der Waals surface area contributed by atoms with Gasteiger partial charge in [-0.1, -0.05) is 17.8 Å². The normalized spacial score (nSPS) is 14.8. The molecule has 0 unspecified atom stereocenters. The van der Waals surface area contributed by atoms with E-state index in [0.29, 0.717) is 19.0 Å². The van der Waals surface area contributed by atoms with Crippen LogP contribution in [0.25, 0.3) is 5.69 Å². The Morgan fingerprint density at radius 2 is 1.93 bits per heavy atom. The van der Waals surface area contributed by atoms with E-state index in [1.165, 1.54) is 0 Å². The van der Waals surface area contributed by atoms with E-state index in [0.717, 1.165) is 34.1 Å². The molecule has 0 bridgehead atoms. The van der Waals surface area contributed by atoms with Crippen molar-refractivity contribution in [1.82, 2.24) is 9.55 Å². The molecule has 144 valence electrons. The summed E-state index contributed by atoms with van der Waals surface area (Å²) in [5.41, 5.74) is 1.08. The summed E-state index contributed by atoms with van der Waals surface area (Å²) in [5.74, 6) is 1.32. The van der Waals surface area contributed by atoms with Gasteiger partial charge in [-0.05, 0) is 62.2 Å². The summed E-state index contributed by atoms with van der Waals surface area (Å²) in [4.78, 5) is 18.7. The van der Waals surface area contributed by atoms with Crippen LogP contribution in [0.2, 0.25) is 0 Å². The monoisotopic (exact) mass is 394 g/mol. The quantitative estimate of drug-likeness (QED) is 0.465. The van der Waals surface area contributed by atoms with Gasteiger partial charge in [0.1, 0.15) is 11.6 Å². The van der Waals surface area contributed by atoms with E-state index in [-0.39, 0.29) is 11.9 Å². The van der Waals surface area contributed by atoms with Crippen LogP contribution in [-0.2, 0) is 9.53 Å². The van der Waals surface area contributed by atoms with Gasteiger partial charge in [0.25, 0.3) is 0 Å². The van der Waals surface area contributed by atoms with Crippen LogP contribution in [0.3, 0.4) is 0 Å². The highest BCUT2D eigenvalue weighted by molar-refractivity contribution is 7.99. The van der Waals surface area contributed by atoms with Crippen LogP contribution in [0.15, 0.2) is 70.7 Å². The number of esters is 1. The van der Waals surface area contributed by atoms with Crippen LogP contribution in [-0.4, -0.2) is 28.7 Å². The van der Waals surface area contributed by atoms with Crippen LogP contribution in [0.1, 0.15) is 18.7 Å². The zero-order valence-corrected chi connectivity index (χ0v) is 16.5. The maximum atomic E-state index is 12.3. The number of carbonyl (C=O) groups is 1. The number of ether oxygens (including phenoxy) is 2. The molecule has 1 saturated heterocycles. The number of hydrogen-bond donors (Lipinski definition) is 0. The first kappa shape index (κ1) is 18.8. The number of rotatable bonds is 5. The number of nitrogens with zero attached hydrogens (tertiary/aromatic N) is 2. The SMILES string of the molecule is Cc1nccn1-c1ccc(Sc2cccc(OC(=O)C3CCOCC3)c2)cc1. The molecular formula is C22H22N2O3S. The maximum Gasteiger partial charge on any atom is 0.314 e. The second-order valence-corrected chi connectivity index (χ2v) is 7.87. The van der Waals surface area contributed by atoms with Crippen molar-refractivity contribution in [1.29, 1.82) is 0 Å². The van der Waals surface area contributed by atoms with Crippen molar-refractivity contribution in [2.75, 3.05) is 13.2 Å². The molecule has 0 atom stereocenters. The van der Waals surface area contributed by atoms with Crippen LogP contribution in [0.5, 0.6) is 5.75 Å². The predicted octanol–water partition coefficient (Wildman–Crippen LogP) is 4.66. The van der Waals surface area contributed by atoms with Gasteiger partial charge >= 0.3 is 5.97 Å². The lowest BCUT2D eigenvalue weighted by molar-refractivity contribution is -0.142. The van der Waals surface area contributed by atoms with Crippen LogP contribution in [0, 0.1) is 12.8 Å². The lowest BCUT2D eigenvalue weighted by Gasteiger charge is -2.20. The standard InChI is InChI=1S/C22H22N2O3S/c1-16-23-11-12-24(16)18-5-7-20(8-6-18)28-21-4-2-3-19(15-21)27-22(25)17-9-13-26-14-10-17/h2-8,11-12,15,17H,9-10,13-14H2,1H3.